The second kappa shape index (κ2) is 4.77. The van der Waals surface area contributed by atoms with Gasteiger partial charge < -0.3 is 4.74 Å². The van der Waals surface area contributed by atoms with E-state index in [0.717, 1.165) is 5.82 Å². The summed E-state index contributed by atoms with van der Waals surface area (Å²) in [5, 5.41) is 8.03. The molecule has 0 aliphatic carbocycles. The highest BCUT2D eigenvalue weighted by molar-refractivity contribution is 5.88. The molecule has 0 amide bonds. The minimum absolute atomic E-state index is 0.354. The monoisotopic (exact) mass is 235 g/mol. The van der Waals surface area contributed by atoms with Crippen LogP contribution >= 0.6 is 0 Å². The number of carbonyl (C=O) groups excluding carboxylic acids is 1. The molecular formula is C10H13N5O2. The van der Waals surface area contributed by atoms with Crippen molar-refractivity contribution in [3.8, 4) is 0 Å². The minimum atomic E-state index is -0.364. The van der Waals surface area contributed by atoms with E-state index >= 15 is 0 Å². The summed E-state index contributed by atoms with van der Waals surface area (Å²) in [6.07, 6.45) is 4.59. The summed E-state index contributed by atoms with van der Waals surface area (Å²) in [5.41, 5.74) is 0.439. The Bertz CT molecular complexity index is 516. The van der Waals surface area contributed by atoms with Gasteiger partial charge in [0.25, 0.3) is 0 Å². The molecule has 0 radical (unpaired) electrons. The molecular weight excluding hydrogens is 222 g/mol. The average Bonchev–Trinajstić information content (AvgIpc) is 2.90. The highest BCUT2D eigenvalue weighted by atomic mass is 16.5. The van der Waals surface area contributed by atoms with Gasteiger partial charge in [-0.1, -0.05) is 0 Å². The number of hydrogen-bond acceptors (Lipinski definition) is 5. The molecule has 0 atom stereocenters. The molecule has 2 rings (SSSR count). The van der Waals surface area contributed by atoms with Gasteiger partial charge in [-0.05, 0) is 6.92 Å². The van der Waals surface area contributed by atoms with Crippen LogP contribution in [0.5, 0.6) is 0 Å². The van der Waals surface area contributed by atoms with E-state index in [9.17, 15) is 4.79 Å². The Kier molecular flexibility index (Phi) is 3.17. The van der Waals surface area contributed by atoms with Crippen molar-refractivity contribution in [3.05, 3.63) is 30.1 Å². The SMILES string of the molecule is CCOC(=O)c1cnn(Cc2ncnn2C)c1. The summed E-state index contributed by atoms with van der Waals surface area (Å²) in [5.74, 6) is 0.403. The smallest absolute Gasteiger partial charge is 0.341 e. The number of nitrogens with zero attached hydrogens (tertiary/aromatic N) is 5. The third-order valence-electron chi connectivity index (χ3n) is 2.25. The van der Waals surface area contributed by atoms with E-state index in [1.807, 2.05) is 0 Å². The fraction of sp³-hybridized carbons (Fsp3) is 0.400. The molecule has 0 N–H and O–H groups in total. The van der Waals surface area contributed by atoms with Crippen molar-refractivity contribution in [3.63, 3.8) is 0 Å². The van der Waals surface area contributed by atoms with Gasteiger partial charge in [0.1, 0.15) is 18.7 Å². The minimum Gasteiger partial charge on any atom is -0.462 e. The Balaban J connectivity index is 2.09. The summed E-state index contributed by atoms with van der Waals surface area (Å²) < 4.78 is 8.15. The Labute approximate surface area is 98.0 Å². The van der Waals surface area contributed by atoms with E-state index in [2.05, 4.69) is 15.2 Å². The molecule has 2 heterocycles. The molecule has 0 bridgehead atoms. The van der Waals surface area contributed by atoms with E-state index in [-0.39, 0.29) is 5.97 Å². The molecule has 7 nitrogen and oxygen atoms in total. The molecule has 0 aliphatic heterocycles. The molecule has 90 valence electrons. The molecule has 0 unspecified atom stereocenters. The van der Waals surface area contributed by atoms with Gasteiger partial charge in [-0.3, -0.25) is 9.36 Å². The van der Waals surface area contributed by atoms with Crippen molar-refractivity contribution >= 4 is 5.97 Å². The van der Waals surface area contributed by atoms with Gasteiger partial charge in [-0.15, -0.1) is 0 Å². The largest absolute Gasteiger partial charge is 0.462 e. The zero-order valence-electron chi connectivity index (χ0n) is 9.70. The number of aromatic nitrogens is 5. The van der Waals surface area contributed by atoms with Gasteiger partial charge in [0.05, 0.1) is 18.4 Å². The predicted octanol–water partition coefficient (Wildman–Crippen LogP) is 0.237. The lowest BCUT2D eigenvalue weighted by Crippen LogP contribution is -2.07. The summed E-state index contributed by atoms with van der Waals surface area (Å²) in [6, 6.07) is 0. The van der Waals surface area contributed by atoms with Crippen LogP contribution in [0, 0.1) is 0 Å². The molecule has 0 saturated heterocycles. The predicted molar refractivity (Wildman–Crippen MR) is 58.3 cm³/mol. The first-order valence-electron chi connectivity index (χ1n) is 5.23. The van der Waals surface area contributed by atoms with Crippen molar-refractivity contribution in [2.45, 2.75) is 13.5 Å². The first kappa shape index (κ1) is 11.3. The highest BCUT2D eigenvalue weighted by Crippen LogP contribution is 2.02. The molecule has 0 spiro atoms. The lowest BCUT2D eigenvalue weighted by atomic mass is 10.4. The molecule has 0 aromatic carbocycles. The maximum absolute atomic E-state index is 11.4. The second-order valence-corrected chi connectivity index (χ2v) is 3.45. The quantitative estimate of drug-likeness (QED) is 0.709. The first-order chi connectivity index (χ1) is 8.20. The van der Waals surface area contributed by atoms with E-state index in [4.69, 9.17) is 4.74 Å². The number of hydrogen-bond donors (Lipinski definition) is 0. The third kappa shape index (κ3) is 2.49. The van der Waals surface area contributed by atoms with Crippen molar-refractivity contribution in [2.75, 3.05) is 6.61 Å². The Morgan fingerprint density at radius 3 is 2.94 bits per heavy atom. The normalized spacial score (nSPS) is 10.5. The van der Waals surface area contributed by atoms with Gasteiger partial charge in [0.2, 0.25) is 0 Å². The molecule has 0 aliphatic rings. The van der Waals surface area contributed by atoms with E-state index in [1.165, 1.54) is 12.5 Å². The number of esters is 1. The van der Waals surface area contributed by atoms with Crippen LogP contribution in [0.15, 0.2) is 18.7 Å². The average molecular weight is 235 g/mol. The van der Waals surface area contributed by atoms with Gasteiger partial charge >= 0.3 is 5.97 Å². The van der Waals surface area contributed by atoms with Crippen molar-refractivity contribution in [1.82, 2.24) is 24.5 Å². The number of ether oxygens (including phenoxy) is 1. The third-order valence-corrected chi connectivity index (χ3v) is 2.25. The highest BCUT2D eigenvalue weighted by Gasteiger charge is 2.10. The molecule has 2 aromatic rings. The fourth-order valence-corrected chi connectivity index (χ4v) is 1.38. The van der Waals surface area contributed by atoms with Crippen LogP contribution < -0.4 is 0 Å². The molecule has 2 aromatic heterocycles. The first-order valence-corrected chi connectivity index (χ1v) is 5.23. The maximum Gasteiger partial charge on any atom is 0.341 e. The molecule has 0 saturated carbocycles. The van der Waals surface area contributed by atoms with Crippen molar-refractivity contribution in [1.29, 1.82) is 0 Å². The topological polar surface area (TPSA) is 74.8 Å². The zero-order chi connectivity index (χ0) is 12.3. The molecule has 7 heteroatoms. The van der Waals surface area contributed by atoms with Crippen LogP contribution in [0.25, 0.3) is 0 Å². The van der Waals surface area contributed by atoms with Gasteiger partial charge in [-0.25, -0.2) is 9.78 Å². The molecule has 17 heavy (non-hydrogen) atoms. The number of carbonyl (C=O) groups is 1. The van der Waals surface area contributed by atoms with Gasteiger partial charge in [0.15, 0.2) is 0 Å². The standard InChI is InChI=1S/C10H13N5O2/c1-3-17-10(16)8-4-12-15(5-8)6-9-11-7-13-14(9)2/h4-5,7H,3,6H2,1-2H3. The van der Waals surface area contributed by atoms with E-state index in [1.54, 1.807) is 29.5 Å². The Hall–Kier alpha value is -2.18. The number of aryl methyl sites for hydroxylation is 1. The summed E-state index contributed by atoms with van der Waals surface area (Å²) in [6.45, 7) is 2.59. The van der Waals surface area contributed by atoms with Crippen molar-refractivity contribution in [2.24, 2.45) is 7.05 Å². The van der Waals surface area contributed by atoms with Gasteiger partial charge in [-0.2, -0.15) is 10.2 Å². The van der Waals surface area contributed by atoms with Crippen LogP contribution in [0.4, 0.5) is 0 Å². The van der Waals surface area contributed by atoms with Crippen LogP contribution in [-0.4, -0.2) is 37.1 Å². The lowest BCUT2D eigenvalue weighted by molar-refractivity contribution is 0.0526. The van der Waals surface area contributed by atoms with Crippen LogP contribution in [-0.2, 0) is 18.3 Å². The fourth-order valence-electron chi connectivity index (χ4n) is 1.38. The van der Waals surface area contributed by atoms with Crippen molar-refractivity contribution < 1.29 is 9.53 Å². The van der Waals surface area contributed by atoms with Crippen LogP contribution in [0.1, 0.15) is 23.1 Å². The summed E-state index contributed by atoms with van der Waals surface area (Å²) in [4.78, 5) is 15.5. The van der Waals surface area contributed by atoms with Crippen LogP contribution in [0.2, 0.25) is 0 Å². The van der Waals surface area contributed by atoms with E-state index < -0.39 is 0 Å². The Morgan fingerprint density at radius 2 is 2.29 bits per heavy atom. The summed E-state index contributed by atoms with van der Waals surface area (Å²) in [7, 11) is 1.80. The summed E-state index contributed by atoms with van der Waals surface area (Å²) >= 11 is 0. The maximum atomic E-state index is 11.4. The Morgan fingerprint density at radius 1 is 1.47 bits per heavy atom. The van der Waals surface area contributed by atoms with E-state index in [0.29, 0.717) is 18.7 Å². The zero-order valence-corrected chi connectivity index (χ0v) is 9.70. The number of rotatable bonds is 4. The lowest BCUT2D eigenvalue weighted by Gasteiger charge is -2.00. The second-order valence-electron chi connectivity index (χ2n) is 3.45. The molecule has 0 fully saturated rings. The van der Waals surface area contributed by atoms with Gasteiger partial charge in [0, 0.05) is 13.2 Å². The van der Waals surface area contributed by atoms with Crippen LogP contribution in [0.3, 0.4) is 0 Å².